The van der Waals surface area contributed by atoms with Gasteiger partial charge in [0.25, 0.3) is 0 Å². The molecule has 0 aromatic carbocycles. The van der Waals surface area contributed by atoms with E-state index in [1.165, 1.54) is 32.1 Å². The fourth-order valence-electron chi connectivity index (χ4n) is 2.74. The molecular formula is C14H29NO3. The van der Waals surface area contributed by atoms with Crippen molar-refractivity contribution in [3.63, 3.8) is 0 Å². The van der Waals surface area contributed by atoms with E-state index >= 15 is 0 Å². The van der Waals surface area contributed by atoms with Crippen LogP contribution in [0.2, 0.25) is 0 Å². The largest absolute Gasteiger partial charge is 0.392 e. The van der Waals surface area contributed by atoms with E-state index in [9.17, 15) is 10.2 Å². The van der Waals surface area contributed by atoms with Crippen molar-refractivity contribution < 1.29 is 14.9 Å². The fourth-order valence-corrected chi connectivity index (χ4v) is 2.74. The van der Waals surface area contributed by atoms with E-state index < -0.39 is 6.10 Å². The number of rotatable bonds is 8. The van der Waals surface area contributed by atoms with Crippen molar-refractivity contribution in [2.75, 3.05) is 26.3 Å². The van der Waals surface area contributed by atoms with Crippen LogP contribution in [0, 0.1) is 0 Å². The number of hydrogen-bond acceptors (Lipinski definition) is 4. The number of aliphatic hydroxyl groups is 2. The summed E-state index contributed by atoms with van der Waals surface area (Å²) in [6, 6.07) is 0.518. The van der Waals surface area contributed by atoms with E-state index in [-0.39, 0.29) is 6.10 Å². The Hall–Kier alpha value is -0.160. The Labute approximate surface area is 111 Å². The van der Waals surface area contributed by atoms with E-state index in [4.69, 9.17) is 4.74 Å². The predicted molar refractivity (Wildman–Crippen MR) is 72.6 cm³/mol. The first kappa shape index (κ1) is 15.9. The van der Waals surface area contributed by atoms with Crippen LogP contribution in [-0.4, -0.2) is 59.7 Å². The van der Waals surface area contributed by atoms with Gasteiger partial charge in [-0.3, -0.25) is 4.90 Å². The summed E-state index contributed by atoms with van der Waals surface area (Å²) in [7, 11) is 0. The first-order chi connectivity index (χ1) is 8.63. The zero-order chi connectivity index (χ0) is 13.4. The summed E-state index contributed by atoms with van der Waals surface area (Å²) in [5.41, 5.74) is 0. The van der Waals surface area contributed by atoms with Gasteiger partial charge in [-0.15, -0.1) is 0 Å². The van der Waals surface area contributed by atoms with E-state index in [0.717, 1.165) is 0 Å². The average Bonchev–Trinajstić information content (AvgIpc) is 2.36. The molecule has 0 aromatic rings. The number of nitrogens with zero attached hydrogens (tertiary/aromatic N) is 1. The third-order valence-corrected chi connectivity index (χ3v) is 3.55. The van der Waals surface area contributed by atoms with E-state index in [1.54, 1.807) is 0 Å². The van der Waals surface area contributed by atoms with Crippen LogP contribution in [-0.2, 0) is 4.74 Å². The topological polar surface area (TPSA) is 52.9 Å². The summed E-state index contributed by atoms with van der Waals surface area (Å²) in [4.78, 5) is 2.24. The minimum atomic E-state index is -0.453. The lowest BCUT2D eigenvalue weighted by Crippen LogP contribution is -2.45. The molecule has 2 N–H and O–H groups in total. The molecule has 4 nitrogen and oxygen atoms in total. The average molecular weight is 259 g/mol. The molecule has 1 aliphatic carbocycles. The molecule has 0 radical (unpaired) electrons. The van der Waals surface area contributed by atoms with Crippen LogP contribution in [0.4, 0.5) is 0 Å². The molecule has 1 fully saturated rings. The highest BCUT2D eigenvalue weighted by atomic mass is 16.5. The van der Waals surface area contributed by atoms with Gasteiger partial charge in [-0.05, 0) is 26.7 Å². The van der Waals surface area contributed by atoms with Gasteiger partial charge >= 0.3 is 0 Å². The Morgan fingerprint density at radius 1 is 1.17 bits per heavy atom. The zero-order valence-electron chi connectivity index (χ0n) is 11.8. The van der Waals surface area contributed by atoms with Crippen molar-refractivity contribution in [3.05, 3.63) is 0 Å². The van der Waals surface area contributed by atoms with Crippen LogP contribution in [0.3, 0.4) is 0 Å². The lowest BCUT2D eigenvalue weighted by Gasteiger charge is -2.36. The van der Waals surface area contributed by atoms with Crippen molar-refractivity contribution in [2.24, 2.45) is 0 Å². The van der Waals surface area contributed by atoms with Gasteiger partial charge in [0.15, 0.2) is 0 Å². The van der Waals surface area contributed by atoms with Crippen LogP contribution < -0.4 is 0 Å². The third kappa shape index (κ3) is 6.14. The molecule has 0 saturated heterocycles. The molecule has 1 saturated carbocycles. The molecule has 0 aromatic heterocycles. The summed E-state index contributed by atoms with van der Waals surface area (Å²) in [6.07, 6.45) is 5.44. The molecule has 0 aliphatic heterocycles. The molecule has 108 valence electrons. The van der Waals surface area contributed by atoms with Crippen LogP contribution in [0.15, 0.2) is 0 Å². The van der Waals surface area contributed by atoms with Crippen molar-refractivity contribution in [2.45, 2.75) is 64.2 Å². The molecule has 0 heterocycles. The van der Waals surface area contributed by atoms with E-state index in [0.29, 0.717) is 32.3 Å². The summed E-state index contributed by atoms with van der Waals surface area (Å²) in [5.74, 6) is 0. The zero-order valence-corrected chi connectivity index (χ0v) is 11.8. The molecular weight excluding hydrogens is 230 g/mol. The van der Waals surface area contributed by atoms with Crippen LogP contribution in [0.25, 0.3) is 0 Å². The molecule has 2 atom stereocenters. The maximum Gasteiger partial charge on any atom is 0.0900 e. The minimum Gasteiger partial charge on any atom is -0.392 e. The summed E-state index contributed by atoms with van der Waals surface area (Å²) in [6.45, 7) is 6.02. The SMILES string of the molecule is CCOCC(O)CN(CC(C)O)C1CCCCC1. The smallest absolute Gasteiger partial charge is 0.0900 e. The Kier molecular flexibility index (Phi) is 7.82. The van der Waals surface area contributed by atoms with Crippen LogP contribution in [0.5, 0.6) is 0 Å². The predicted octanol–water partition coefficient (Wildman–Crippen LogP) is 1.40. The summed E-state index contributed by atoms with van der Waals surface area (Å²) >= 11 is 0. The maximum atomic E-state index is 9.95. The van der Waals surface area contributed by atoms with Crippen LogP contribution >= 0.6 is 0 Å². The summed E-state index contributed by atoms with van der Waals surface area (Å²) in [5, 5.41) is 19.5. The van der Waals surface area contributed by atoms with Gasteiger partial charge in [-0.2, -0.15) is 0 Å². The van der Waals surface area contributed by atoms with Gasteiger partial charge < -0.3 is 14.9 Å². The third-order valence-electron chi connectivity index (χ3n) is 3.55. The molecule has 1 rings (SSSR count). The molecule has 0 spiro atoms. The highest BCUT2D eigenvalue weighted by molar-refractivity contribution is 4.79. The fraction of sp³-hybridized carbons (Fsp3) is 1.00. The van der Waals surface area contributed by atoms with Crippen molar-refractivity contribution >= 4 is 0 Å². The van der Waals surface area contributed by atoms with Gasteiger partial charge in [0.1, 0.15) is 0 Å². The van der Waals surface area contributed by atoms with Gasteiger partial charge in [0, 0.05) is 25.7 Å². The molecule has 4 heteroatoms. The second kappa shape index (κ2) is 8.86. The molecule has 18 heavy (non-hydrogen) atoms. The van der Waals surface area contributed by atoms with Crippen molar-refractivity contribution in [3.8, 4) is 0 Å². The highest BCUT2D eigenvalue weighted by Gasteiger charge is 2.24. The first-order valence-corrected chi connectivity index (χ1v) is 7.31. The van der Waals surface area contributed by atoms with Crippen molar-refractivity contribution in [1.82, 2.24) is 4.90 Å². The molecule has 1 aliphatic rings. The number of aliphatic hydroxyl groups excluding tert-OH is 2. The maximum absolute atomic E-state index is 9.95. The standard InChI is InChI=1S/C14H29NO3/c1-3-18-11-14(17)10-15(9-12(2)16)13-7-5-4-6-8-13/h12-14,16-17H,3-11H2,1-2H3. The molecule has 0 amide bonds. The number of hydrogen-bond donors (Lipinski definition) is 2. The summed E-state index contributed by atoms with van der Waals surface area (Å²) < 4.78 is 5.25. The molecule has 0 bridgehead atoms. The highest BCUT2D eigenvalue weighted by Crippen LogP contribution is 2.23. The number of ether oxygens (including phenoxy) is 1. The van der Waals surface area contributed by atoms with Gasteiger partial charge in [0.2, 0.25) is 0 Å². The Morgan fingerprint density at radius 3 is 2.39 bits per heavy atom. The Balaban J connectivity index is 2.43. The van der Waals surface area contributed by atoms with Crippen LogP contribution in [0.1, 0.15) is 46.0 Å². The van der Waals surface area contributed by atoms with E-state index in [2.05, 4.69) is 4.90 Å². The quantitative estimate of drug-likeness (QED) is 0.692. The van der Waals surface area contributed by atoms with Gasteiger partial charge in [-0.1, -0.05) is 19.3 Å². The lowest BCUT2D eigenvalue weighted by atomic mass is 9.93. The second-order valence-corrected chi connectivity index (χ2v) is 5.41. The normalized spacial score (nSPS) is 21.2. The Bertz CT molecular complexity index is 205. The van der Waals surface area contributed by atoms with Crippen molar-refractivity contribution in [1.29, 1.82) is 0 Å². The second-order valence-electron chi connectivity index (χ2n) is 5.41. The minimum absolute atomic E-state index is 0.341. The van der Waals surface area contributed by atoms with Gasteiger partial charge in [-0.25, -0.2) is 0 Å². The first-order valence-electron chi connectivity index (χ1n) is 7.31. The Morgan fingerprint density at radius 2 is 1.83 bits per heavy atom. The lowest BCUT2D eigenvalue weighted by molar-refractivity contribution is -0.00351. The monoisotopic (exact) mass is 259 g/mol. The molecule has 2 unspecified atom stereocenters. The van der Waals surface area contributed by atoms with E-state index in [1.807, 2.05) is 13.8 Å². The van der Waals surface area contributed by atoms with Gasteiger partial charge in [0.05, 0.1) is 18.8 Å².